The molecule has 7 aromatic carbocycles. The van der Waals surface area contributed by atoms with Gasteiger partial charge >= 0.3 is 47.8 Å². The fourth-order valence-electron chi connectivity index (χ4n) is 15.6. The molecule has 0 spiro atoms. The molecule has 0 bridgehead atoms. The third kappa shape index (κ3) is 21.0. The van der Waals surface area contributed by atoms with Crippen molar-refractivity contribution in [3.05, 3.63) is 200 Å². The third-order valence-electron chi connectivity index (χ3n) is 21.4. The number of hydrogen-bond acceptors (Lipinski definition) is 10. The first-order valence-corrected chi connectivity index (χ1v) is 36.8. The standard InChI is InChI=1S/C34H46O4.C30H30O8.C24H30O4/c1-19(2)25-13-7-21(5)17-29(25)31-27(23-9-11-24(12-10-23)33(35)36)15-16-28(34(37)38)32(31)30-18-22(6)8-14-26(30)20(3)4;1-17(37-19(3)31)15-27-25(13-14-26(30(35)36)28(27)16-18(2)38-20(4)32)23-9-5-21(6-10-23)22-7-11-24(12-8-22)29(33)34;1-5-15(3)13-21-19(17-7-9-18(10-8-17)23(25)26)11-12-20(24(27)28)22(21)14-16(4)6-2/h9-12,15-16,19-22,25-26,29-30H,7-8,13-14,17-18H2,1-6H3,(H,35,36)(H,37,38);5-14,17-18H,15-16H2,1-4H3,(H,33,34)(H,35,36);7-12,15-16H,5-6,13-14H2,1-4H3,(H,25,26)(H,27,28)/t21-,22-,25+,26+,29-,30-;17-,18-;15-,16-/m100/s1. The maximum Gasteiger partial charge on any atom is 0.335 e. The van der Waals surface area contributed by atoms with E-state index in [0.717, 1.165) is 113 Å². The highest BCUT2D eigenvalue weighted by atomic mass is 16.5. The Morgan fingerprint density at radius 2 is 0.654 bits per heavy atom. The highest BCUT2D eigenvalue weighted by Crippen LogP contribution is 2.54. The summed E-state index contributed by atoms with van der Waals surface area (Å²) in [7, 11) is 0. The quantitative estimate of drug-likeness (QED) is 0.0275. The molecule has 554 valence electrons. The van der Waals surface area contributed by atoms with Gasteiger partial charge in [-0.15, -0.1) is 0 Å². The SMILES string of the molecule is CC(=O)O[C@@H](C)Cc1c(C(=O)O)ccc(-c2ccc(-c3ccc(C(=O)O)cc3)cc2)c1C[C@H](C)OC(C)=O.CC(C)[C@@H]1CC[C@@H](C)C[C@H]1c1c(C(=O)O)ccc(-c2ccc(C(=O)O)cc2)c1[C@@H]1C[C@H](C)CC[C@H]1C(C)C.CC[C@H](C)Cc1c(C(=O)O)ccc(-c2ccc(C(=O)O)cc2)c1C[C@@H](C)CC. The van der Waals surface area contributed by atoms with Gasteiger partial charge < -0.3 is 40.1 Å². The Morgan fingerprint density at radius 1 is 0.356 bits per heavy atom. The van der Waals surface area contributed by atoms with Gasteiger partial charge in [0.25, 0.3) is 0 Å². The molecule has 7 aromatic rings. The van der Waals surface area contributed by atoms with Crippen LogP contribution in [-0.4, -0.2) is 90.6 Å². The first kappa shape index (κ1) is 81.6. The number of carboxylic acids is 6. The molecule has 16 nitrogen and oxygen atoms in total. The number of benzene rings is 7. The number of hydrogen-bond donors (Lipinski definition) is 6. The van der Waals surface area contributed by atoms with E-state index in [1.807, 2.05) is 66.7 Å². The molecular weight excluding hydrogens is 1310 g/mol. The first-order valence-electron chi connectivity index (χ1n) is 36.8. The van der Waals surface area contributed by atoms with Crippen LogP contribution in [0.2, 0.25) is 0 Å². The van der Waals surface area contributed by atoms with Crippen LogP contribution in [0.3, 0.4) is 0 Å². The third-order valence-corrected chi connectivity index (χ3v) is 21.4. The molecule has 9 rings (SSSR count). The van der Waals surface area contributed by atoms with E-state index in [2.05, 4.69) is 69.2 Å². The maximum atomic E-state index is 12.8. The lowest BCUT2D eigenvalue weighted by Crippen LogP contribution is -2.32. The molecule has 0 aliphatic heterocycles. The topological polar surface area (TPSA) is 276 Å². The summed E-state index contributed by atoms with van der Waals surface area (Å²) in [4.78, 5) is 93.8. The number of aromatic carboxylic acids is 6. The highest BCUT2D eigenvalue weighted by Gasteiger charge is 2.41. The maximum absolute atomic E-state index is 12.8. The molecule has 2 fully saturated rings. The Kier molecular flexibility index (Phi) is 29.1. The predicted molar refractivity (Wildman–Crippen MR) is 407 cm³/mol. The number of carbonyl (C=O) groups is 8. The van der Waals surface area contributed by atoms with Crippen molar-refractivity contribution >= 4 is 47.8 Å². The smallest absolute Gasteiger partial charge is 0.335 e. The average molecular weight is 1420 g/mol. The van der Waals surface area contributed by atoms with Crippen molar-refractivity contribution in [2.75, 3.05) is 0 Å². The van der Waals surface area contributed by atoms with Crippen molar-refractivity contribution in [1.29, 1.82) is 0 Å². The molecule has 0 saturated heterocycles. The molecule has 6 N–H and O–H groups in total. The minimum absolute atomic E-state index is 0.0907. The van der Waals surface area contributed by atoms with Gasteiger partial charge in [-0.05, 0) is 244 Å². The van der Waals surface area contributed by atoms with E-state index in [9.17, 15) is 58.8 Å². The number of carboxylic acid groups (broad SMARTS) is 6. The summed E-state index contributed by atoms with van der Waals surface area (Å²) in [5.41, 5.74) is 14.5. The van der Waals surface area contributed by atoms with E-state index in [4.69, 9.17) is 19.7 Å². The minimum atomic E-state index is -1.11. The van der Waals surface area contributed by atoms with Crippen molar-refractivity contribution in [3.63, 3.8) is 0 Å². The summed E-state index contributed by atoms with van der Waals surface area (Å²) >= 11 is 0. The van der Waals surface area contributed by atoms with Crippen LogP contribution < -0.4 is 0 Å². The Morgan fingerprint density at radius 3 is 1.01 bits per heavy atom. The van der Waals surface area contributed by atoms with E-state index in [-0.39, 0.29) is 46.9 Å². The zero-order valence-electron chi connectivity index (χ0n) is 62.9. The zero-order valence-corrected chi connectivity index (χ0v) is 62.9. The molecule has 16 heteroatoms. The van der Waals surface area contributed by atoms with Crippen LogP contribution in [-0.2, 0) is 44.7 Å². The van der Waals surface area contributed by atoms with E-state index in [1.54, 1.807) is 74.5 Å². The second kappa shape index (κ2) is 37.1. The second-order valence-corrected chi connectivity index (χ2v) is 29.9. The molecule has 10 atom stereocenters. The van der Waals surface area contributed by atoms with Gasteiger partial charge in [0, 0.05) is 26.7 Å². The summed E-state index contributed by atoms with van der Waals surface area (Å²) in [6.45, 7) is 28.5. The summed E-state index contributed by atoms with van der Waals surface area (Å²) < 4.78 is 10.7. The van der Waals surface area contributed by atoms with Crippen LogP contribution >= 0.6 is 0 Å². The fraction of sp³-hybridized carbons (Fsp3) is 0.432. The van der Waals surface area contributed by atoms with Crippen LogP contribution in [0.4, 0.5) is 0 Å². The Hall–Kier alpha value is -9.70. The normalized spacial score (nSPS) is 18.3. The van der Waals surface area contributed by atoms with E-state index in [0.29, 0.717) is 69.6 Å². The van der Waals surface area contributed by atoms with E-state index in [1.165, 1.54) is 38.3 Å². The molecular formula is C88H106O16. The highest BCUT2D eigenvalue weighted by molar-refractivity contribution is 5.95. The van der Waals surface area contributed by atoms with Crippen molar-refractivity contribution in [2.45, 2.75) is 198 Å². The number of ether oxygens (including phenoxy) is 2. The van der Waals surface area contributed by atoms with E-state index >= 15 is 0 Å². The lowest BCUT2D eigenvalue weighted by Gasteiger charge is -2.44. The van der Waals surface area contributed by atoms with Crippen LogP contribution in [0.5, 0.6) is 0 Å². The summed E-state index contributed by atoms with van der Waals surface area (Å²) in [5.74, 6) is -2.24. The molecule has 0 radical (unpaired) electrons. The largest absolute Gasteiger partial charge is 0.478 e. The Balaban J connectivity index is 0.000000221. The number of esters is 2. The Bertz CT molecular complexity index is 4160. The van der Waals surface area contributed by atoms with Gasteiger partial charge in [-0.25, -0.2) is 28.8 Å². The molecule has 2 aliphatic carbocycles. The molecule has 2 aliphatic rings. The summed E-state index contributed by atoms with van der Waals surface area (Å²) in [5, 5.41) is 58.0. The monoisotopic (exact) mass is 1420 g/mol. The molecule has 0 heterocycles. The van der Waals surface area contributed by atoms with Crippen molar-refractivity contribution in [1.82, 2.24) is 0 Å². The Labute approximate surface area is 613 Å². The van der Waals surface area contributed by atoms with Gasteiger partial charge in [0.2, 0.25) is 0 Å². The molecule has 0 amide bonds. The lowest BCUT2D eigenvalue weighted by atomic mass is 9.61. The van der Waals surface area contributed by atoms with Gasteiger partial charge in [0.1, 0.15) is 12.2 Å². The summed E-state index contributed by atoms with van der Waals surface area (Å²) in [6.07, 6.45) is 9.65. The number of rotatable bonds is 26. The fourth-order valence-corrected chi connectivity index (χ4v) is 15.6. The predicted octanol–water partition coefficient (Wildman–Crippen LogP) is 20.4. The molecule has 2 saturated carbocycles. The van der Waals surface area contributed by atoms with Gasteiger partial charge in [-0.2, -0.15) is 0 Å². The van der Waals surface area contributed by atoms with E-state index < -0.39 is 60.0 Å². The van der Waals surface area contributed by atoms with Crippen molar-refractivity contribution in [3.8, 4) is 44.5 Å². The molecule has 0 aromatic heterocycles. The second-order valence-electron chi connectivity index (χ2n) is 29.9. The lowest BCUT2D eigenvalue weighted by molar-refractivity contribution is -0.146. The zero-order chi connectivity index (χ0) is 76.5. The first-order chi connectivity index (χ1) is 49.2. The van der Waals surface area contributed by atoms with Crippen molar-refractivity contribution in [2.24, 2.45) is 47.3 Å². The molecule has 104 heavy (non-hydrogen) atoms. The van der Waals surface area contributed by atoms with Gasteiger partial charge in [0.15, 0.2) is 0 Å². The van der Waals surface area contributed by atoms with Gasteiger partial charge in [-0.3, -0.25) is 9.59 Å². The van der Waals surface area contributed by atoms with Crippen LogP contribution in [0.15, 0.2) is 133 Å². The minimum Gasteiger partial charge on any atom is -0.478 e. The van der Waals surface area contributed by atoms with Gasteiger partial charge in [-0.1, -0.05) is 174 Å². The van der Waals surface area contributed by atoms with Crippen LogP contribution in [0.25, 0.3) is 44.5 Å². The van der Waals surface area contributed by atoms with Crippen LogP contribution in [0, 0.1) is 47.3 Å². The molecule has 0 unspecified atom stereocenters. The van der Waals surface area contributed by atoms with Crippen LogP contribution in [0.1, 0.15) is 256 Å². The number of carbonyl (C=O) groups excluding carboxylic acids is 2. The summed E-state index contributed by atoms with van der Waals surface area (Å²) in [6, 6.07) is 38.8. The van der Waals surface area contributed by atoms with Crippen molar-refractivity contribution < 1.29 is 78.5 Å². The average Bonchev–Trinajstić information content (AvgIpc) is 0.746. The van der Waals surface area contributed by atoms with Gasteiger partial charge in [0.05, 0.1) is 33.4 Å².